The molecule has 0 unspecified atom stereocenters. The highest BCUT2D eigenvalue weighted by molar-refractivity contribution is 5.68. The summed E-state index contributed by atoms with van der Waals surface area (Å²) in [5.74, 6) is 0. The highest BCUT2D eigenvalue weighted by atomic mass is 19.3. The molecule has 0 spiro atoms. The van der Waals surface area contributed by atoms with E-state index in [-0.39, 0.29) is 5.56 Å². The summed E-state index contributed by atoms with van der Waals surface area (Å²) in [4.78, 5) is 11.8. The van der Waals surface area contributed by atoms with Crippen molar-refractivity contribution >= 4 is 6.09 Å². The van der Waals surface area contributed by atoms with Gasteiger partial charge in [0.2, 0.25) is 0 Å². The minimum Gasteiger partial charge on any atom is -0.444 e. The first-order valence-corrected chi connectivity index (χ1v) is 7.57. The van der Waals surface area contributed by atoms with Gasteiger partial charge in [-0.25, -0.2) is 13.6 Å². The minimum atomic E-state index is -2.45. The van der Waals surface area contributed by atoms with E-state index in [1.54, 1.807) is 32.9 Å². The maximum Gasteiger partial charge on any atom is 0.408 e. The van der Waals surface area contributed by atoms with Crippen LogP contribution < -0.4 is 10.6 Å². The lowest BCUT2D eigenvalue weighted by molar-refractivity contribution is 0.0472. The van der Waals surface area contributed by atoms with Crippen molar-refractivity contribution in [2.75, 3.05) is 6.54 Å². The van der Waals surface area contributed by atoms with E-state index >= 15 is 0 Å². The number of alkyl halides is 2. The summed E-state index contributed by atoms with van der Waals surface area (Å²) in [5.41, 5.74) is -0.117. The van der Waals surface area contributed by atoms with Crippen LogP contribution in [0.1, 0.15) is 52.2 Å². The Bertz CT molecular complexity index is 508. The number of hydrogen-bond donors (Lipinski definition) is 2. The van der Waals surface area contributed by atoms with Crippen molar-refractivity contribution in [3.63, 3.8) is 0 Å². The molecule has 0 aliphatic carbocycles. The van der Waals surface area contributed by atoms with Gasteiger partial charge in [-0.05, 0) is 40.2 Å². The second-order valence-electron chi connectivity index (χ2n) is 7.16. The quantitative estimate of drug-likeness (QED) is 0.829. The van der Waals surface area contributed by atoms with Crippen molar-refractivity contribution in [2.24, 2.45) is 0 Å². The number of rotatable bonds is 6. The Morgan fingerprint density at radius 2 is 1.70 bits per heavy atom. The fourth-order valence-electron chi connectivity index (χ4n) is 1.92. The number of benzene rings is 1. The molecule has 0 radical (unpaired) electrons. The van der Waals surface area contributed by atoms with Crippen molar-refractivity contribution < 1.29 is 18.3 Å². The van der Waals surface area contributed by atoms with E-state index in [4.69, 9.17) is 4.74 Å². The van der Waals surface area contributed by atoms with E-state index in [9.17, 15) is 13.6 Å². The topological polar surface area (TPSA) is 50.4 Å². The van der Waals surface area contributed by atoms with Crippen molar-refractivity contribution in [1.82, 2.24) is 10.6 Å². The Kier molecular flexibility index (Phi) is 6.50. The van der Waals surface area contributed by atoms with E-state index in [0.29, 0.717) is 13.1 Å². The summed E-state index contributed by atoms with van der Waals surface area (Å²) >= 11 is 0. The Balaban J connectivity index is 2.42. The first kappa shape index (κ1) is 19.4. The van der Waals surface area contributed by atoms with Crippen LogP contribution in [0.3, 0.4) is 0 Å². The Morgan fingerprint density at radius 3 is 2.17 bits per heavy atom. The molecule has 0 saturated carbocycles. The molecule has 0 bridgehead atoms. The van der Waals surface area contributed by atoms with Gasteiger partial charge in [-0.2, -0.15) is 0 Å². The van der Waals surface area contributed by atoms with Crippen LogP contribution in [0.5, 0.6) is 0 Å². The molecule has 130 valence electrons. The van der Waals surface area contributed by atoms with E-state index < -0.39 is 23.7 Å². The van der Waals surface area contributed by atoms with Gasteiger partial charge in [0.25, 0.3) is 6.43 Å². The third-order valence-electron chi connectivity index (χ3n) is 2.97. The van der Waals surface area contributed by atoms with E-state index in [1.165, 1.54) is 12.1 Å². The molecule has 0 saturated heterocycles. The predicted molar refractivity (Wildman–Crippen MR) is 86.6 cm³/mol. The zero-order chi connectivity index (χ0) is 17.7. The van der Waals surface area contributed by atoms with Crippen molar-refractivity contribution in [3.8, 4) is 0 Å². The van der Waals surface area contributed by atoms with Gasteiger partial charge in [0.05, 0.1) is 5.54 Å². The van der Waals surface area contributed by atoms with Crippen LogP contribution in [0.25, 0.3) is 0 Å². The second-order valence-corrected chi connectivity index (χ2v) is 7.16. The van der Waals surface area contributed by atoms with Gasteiger partial charge >= 0.3 is 6.09 Å². The van der Waals surface area contributed by atoms with Gasteiger partial charge in [0.15, 0.2) is 0 Å². The fraction of sp³-hybridized carbons (Fsp3) is 0.588. The van der Waals surface area contributed by atoms with Crippen molar-refractivity contribution in [2.45, 2.75) is 58.7 Å². The van der Waals surface area contributed by atoms with Crippen LogP contribution in [0.15, 0.2) is 24.3 Å². The van der Waals surface area contributed by atoms with Gasteiger partial charge in [-0.1, -0.05) is 24.3 Å². The minimum absolute atomic E-state index is 0.0145. The number of halogens is 2. The summed E-state index contributed by atoms with van der Waals surface area (Å²) in [6.45, 7) is 10.2. The predicted octanol–water partition coefficient (Wildman–Crippen LogP) is 4.02. The van der Waals surface area contributed by atoms with Crippen LogP contribution >= 0.6 is 0 Å². The molecule has 23 heavy (non-hydrogen) atoms. The van der Waals surface area contributed by atoms with Crippen LogP contribution in [0, 0.1) is 0 Å². The van der Waals surface area contributed by atoms with Gasteiger partial charge in [-0.15, -0.1) is 0 Å². The molecule has 0 atom stereocenters. The van der Waals surface area contributed by atoms with Gasteiger partial charge in [-0.3, -0.25) is 0 Å². The Labute approximate surface area is 136 Å². The Morgan fingerprint density at radius 1 is 1.13 bits per heavy atom. The number of carbonyl (C=O) groups is 1. The molecule has 1 aromatic carbocycles. The first-order chi connectivity index (χ1) is 10.5. The lowest BCUT2D eigenvalue weighted by Crippen LogP contribution is -2.51. The molecule has 0 fully saturated rings. The molecule has 0 aromatic heterocycles. The molecular weight excluding hydrogens is 302 g/mol. The van der Waals surface area contributed by atoms with Crippen molar-refractivity contribution in [3.05, 3.63) is 35.4 Å². The maximum absolute atomic E-state index is 12.5. The largest absolute Gasteiger partial charge is 0.444 e. The van der Waals surface area contributed by atoms with Crippen LogP contribution in [0.4, 0.5) is 13.6 Å². The molecule has 6 heteroatoms. The number of ether oxygens (including phenoxy) is 1. The molecular formula is C17H26F2N2O2. The van der Waals surface area contributed by atoms with Gasteiger partial charge in [0, 0.05) is 18.7 Å². The Hall–Kier alpha value is -1.69. The standard InChI is InChI=1S/C17H26F2N2O2/c1-16(2,3)23-15(22)21-17(4,5)11-20-10-12-6-8-13(9-7-12)14(18)19/h6-9,14,20H,10-11H2,1-5H3,(H,21,22). The molecule has 2 N–H and O–H groups in total. The van der Waals surface area contributed by atoms with E-state index in [1.807, 2.05) is 13.8 Å². The van der Waals surface area contributed by atoms with Crippen molar-refractivity contribution in [1.29, 1.82) is 0 Å². The summed E-state index contributed by atoms with van der Waals surface area (Å²) in [6, 6.07) is 6.18. The number of alkyl carbamates (subject to hydrolysis) is 1. The van der Waals surface area contributed by atoms with E-state index in [2.05, 4.69) is 10.6 Å². The third-order valence-corrected chi connectivity index (χ3v) is 2.97. The second kappa shape index (κ2) is 7.73. The molecule has 0 heterocycles. The average Bonchev–Trinajstić information content (AvgIpc) is 2.35. The lowest BCUT2D eigenvalue weighted by Gasteiger charge is -2.29. The first-order valence-electron chi connectivity index (χ1n) is 7.57. The number of hydrogen-bond acceptors (Lipinski definition) is 3. The normalized spacial score (nSPS) is 12.3. The number of carbonyl (C=O) groups excluding carboxylic acids is 1. The highest BCUT2D eigenvalue weighted by Crippen LogP contribution is 2.18. The molecule has 1 aromatic rings. The summed E-state index contributed by atoms with van der Waals surface area (Å²) in [5, 5.41) is 6.00. The molecule has 0 aliphatic rings. The number of amides is 1. The zero-order valence-electron chi connectivity index (χ0n) is 14.4. The number of nitrogens with one attached hydrogen (secondary N) is 2. The van der Waals surface area contributed by atoms with Crippen LogP contribution in [-0.2, 0) is 11.3 Å². The average molecular weight is 328 g/mol. The van der Waals surface area contributed by atoms with Crippen LogP contribution in [0.2, 0.25) is 0 Å². The summed E-state index contributed by atoms with van der Waals surface area (Å²) < 4.78 is 30.2. The molecule has 0 aliphatic heterocycles. The van der Waals surface area contributed by atoms with Gasteiger partial charge < -0.3 is 15.4 Å². The van der Waals surface area contributed by atoms with Crippen LogP contribution in [-0.4, -0.2) is 23.8 Å². The lowest BCUT2D eigenvalue weighted by atomic mass is 10.1. The third kappa shape index (κ3) is 7.93. The van der Waals surface area contributed by atoms with E-state index in [0.717, 1.165) is 5.56 Å². The highest BCUT2D eigenvalue weighted by Gasteiger charge is 2.24. The maximum atomic E-state index is 12.5. The zero-order valence-corrected chi connectivity index (χ0v) is 14.4. The molecule has 1 amide bonds. The molecule has 4 nitrogen and oxygen atoms in total. The molecule has 1 rings (SSSR count). The fourth-order valence-corrected chi connectivity index (χ4v) is 1.92. The van der Waals surface area contributed by atoms with Gasteiger partial charge in [0.1, 0.15) is 5.60 Å². The monoisotopic (exact) mass is 328 g/mol. The SMILES string of the molecule is CC(C)(CNCc1ccc(C(F)F)cc1)NC(=O)OC(C)(C)C. The smallest absolute Gasteiger partial charge is 0.408 e. The summed E-state index contributed by atoms with van der Waals surface area (Å²) in [6.07, 6.45) is -2.92. The summed E-state index contributed by atoms with van der Waals surface area (Å²) in [7, 11) is 0.